The van der Waals surface area contributed by atoms with Crippen LogP contribution < -0.4 is 10.1 Å². The summed E-state index contributed by atoms with van der Waals surface area (Å²) in [5.41, 5.74) is 2.33. The lowest BCUT2D eigenvalue weighted by Crippen LogP contribution is -2.25. The van der Waals surface area contributed by atoms with E-state index < -0.39 is 12.0 Å². The zero-order chi connectivity index (χ0) is 30.3. The number of likely N-dealkylation sites (N-methyl/N-ethyl adjacent to an activating group) is 1. The van der Waals surface area contributed by atoms with Gasteiger partial charge in [-0.05, 0) is 75.7 Å². The third-order valence-corrected chi connectivity index (χ3v) is 5.55. The van der Waals surface area contributed by atoms with Crippen molar-refractivity contribution in [3.05, 3.63) is 89.5 Å². The van der Waals surface area contributed by atoms with Crippen LogP contribution in [-0.4, -0.2) is 44.5 Å². The number of aliphatic imine (C=N–C) groups is 1. The van der Waals surface area contributed by atoms with Crippen molar-refractivity contribution in [1.29, 1.82) is 0 Å². The van der Waals surface area contributed by atoms with E-state index in [4.69, 9.17) is 4.74 Å². The summed E-state index contributed by atoms with van der Waals surface area (Å²) in [6.07, 6.45) is 2.42. The smallest absolute Gasteiger partial charge is 0.456 e. The Bertz CT molecular complexity index is 1120. The molecule has 0 aliphatic rings. The van der Waals surface area contributed by atoms with E-state index in [2.05, 4.69) is 28.5 Å². The Labute approximate surface area is 235 Å². The molecule has 2 atom stereocenters. The van der Waals surface area contributed by atoms with Crippen molar-refractivity contribution in [2.75, 3.05) is 14.1 Å². The van der Waals surface area contributed by atoms with Crippen LogP contribution in [0.5, 0.6) is 5.75 Å². The summed E-state index contributed by atoms with van der Waals surface area (Å²) >= 11 is 0. The molecule has 0 saturated heterocycles. The van der Waals surface area contributed by atoms with Gasteiger partial charge in [-0.3, -0.25) is 9.79 Å². The monoisotopic (exact) mass is 560 g/mol. The van der Waals surface area contributed by atoms with Gasteiger partial charge in [0.05, 0.1) is 5.56 Å². The van der Waals surface area contributed by atoms with E-state index in [1.807, 2.05) is 40.0 Å². The van der Waals surface area contributed by atoms with Crippen molar-refractivity contribution >= 4 is 18.5 Å². The van der Waals surface area contributed by atoms with Crippen LogP contribution in [0.3, 0.4) is 0 Å². The number of rotatable bonds is 11. The number of allylic oxidation sites excluding steroid dienone is 3. The van der Waals surface area contributed by atoms with E-state index in [1.54, 1.807) is 43.6 Å². The number of esters is 1. The minimum atomic E-state index is -4.72. The quantitative estimate of drug-likeness (QED) is 0.102. The number of nitrogens with one attached hydrogen (secondary N) is 1. The van der Waals surface area contributed by atoms with Gasteiger partial charge in [0, 0.05) is 30.8 Å². The minimum Gasteiger partial charge on any atom is -0.456 e. The lowest BCUT2D eigenvalue weighted by atomic mass is 9.83. The van der Waals surface area contributed by atoms with Crippen LogP contribution in [-0.2, 0) is 9.53 Å². The molecule has 0 amide bonds. The van der Waals surface area contributed by atoms with Gasteiger partial charge < -0.3 is 14.8 Å². The molecule has 2 aromatic rings. The van der Waals surface area contributed by atoms with E-state index in [0.717, 1.165) is 30.3 Å². The first-order chi connectivity index (χ1) is 18.8. The van der Waals surface area contributed by atoms with Crippen molar-refractivity contribution < 1.29 is 32.2 Å². The number of aldehydes is 1. The Morgan fingerprint density at radius 3 is 2.05 bits per heavy atom. The predicted octanol–water partition coefficient (Wildman–Crippen LogP) is 7.38. The first kappa shape index (κ1) is 34.3. The van der Waals surface area contributed by atoms with Crippen LogP contribution in [0, 0.1) is 0 Å². The largest absolute Gasteiger partial charge is 0.573 e. The van der Waals surface area contributed by atoms with E-state index in [-0.39, 0.29) is 23.7 Å². The molecule has 0 aliphatic heterocycles. The number of nitrogens with zero attached hydrogens (tertiary/aromatic N) is 1. The maximum atomic E-state index is 12.4. The molecule has 2 unspecified atom stereocenters. The first-order valence-electron chi connectivity index (χ1n) is 12.8. The van der Waals surface area contributed by atoms with E-state index in [1.165, 1.54) is 18.2 Å². The zero-order valence-electron chi connectivity index (χ0n) is 23.9. The van der Waals surface area contributed by atoms with Crippen molar-refractivity contribution in [1.82, 2.24) is 5.32 Å². The molecule has 0 radical (unpaired) electrons. The average Bonchev–Trinajstić information content (AvgIpc) is 2.89. The molecule has 9 heteroatoms. The second-order valence-electron chi connectivity index (χ2n) is 9.80. The highest BCUT2D eigenvalue weighted by Gasteiger charge is 2.31. The van der Waals surface area contributed by atoms with Crippen LogP contribution in [0.4, 0.5) is 13.2 Å². The minimum absolute atomic E-state index is 0.0667. The molecule has 40 heavy (non-hydrogen) atoms. The molecule has 0 bridgehead atoms. The van der Waals surface area contributed by atoms with Crippen LogP contribution in [0.25, 0.3) is 0 Å². The molecule has 2 rings (SSSR count). The third kappa shape index (κ3) is 12.4. The van der Waals surface area contributed by atoms with E-state index in [0.29, 0.717) is 11.1 Å². The van der Waals surface area contributed by atoms with Crippen LogP contribution in [0.1, 0.15) is 74.0 Å². The van der Waals surface area contributed by atoms with Crippen molar-refractivity contribution in [2.24, 2.45) is 4.99 Å². The molecule has 0 aliphatic carbocycles. The predicted molar refractivity (Wildman–Crippen MR) is 153 cm³/mol. The number of carbonyl (C=O) groups excluding carboxylic acids is 2. The van der Waals surface area contributed by atoms with Crippen LogP contribution in [0.2, 0.25) is 0 Å². The highest BCUT2D eigenvalue weighted by Crippen LogP contribution is 2.36. The number of benzene rings is 2. The molecule has 0 spiro atoms. The summed E-state index contributed by atoms with van der Waals surface area (Å²) in [5.74, 6) is -0.562. The van der Waals surface area contributed by atoms with Crippen LogP contribution >= 0.6 is 0 Å². The van der Waals surface area contributed by atoms with Crippen molar-refractivity contribution in [3.8, 4) is 5.75 Å². The van der Waals surface area contributed by atoms with Crippen LogP contribution in [0.15, 0.2) is 77.8 Å². The highest BCUT2D eigenvalue weighted by molar-refractivity contribution is 5.89. The number of hydrogen-bond donors (Lipinski definition) is 1. The van der Waals surface area contributed by atoms with Gasteiger partial charge in [0.15, 0.2) is 0 Å². The third-order valence-electron chi connectivity index (χ3n) is 5.55. The zero-order valence-corrected chi connectivity index (χ0v) is 23.9. The van der Waals surface area contributed by atoms with Gasteiger partial charge >= 0.3 is 12.3 Å². The molecule has 0 aromatic heterocycles. The van der Waals surface area contributed by atoms with Gasteiger partial charge in [-0.25, -0.2) is 4.79 Å². The molecular weight excluding hydrogens is 521 g/mol. The SMILES string of the molecule is C=C/C(C=O)=C\C=NC.CCCC(c1ccc(C(=O)OC(C)(C)C)cc1)C(NC)c1ccc(OC(F)(F)F)cc1. The molecule has 218 valence electrons. The standard InChI is InChI=1S/C24H30F3NO3.C7H9NO/c1-6-7-20(16-8-10-18(11-9-16)22(29)31-23(2,3)4)21(28-5)17-12-14-19(15-13-17)30-24(25,26)27;1-3-7(6-9)4-5-8-2/h8-15,20-21,28H,6-7H2,1-5H3;3-6H,1H2,2H3/b;7-4+,8-5?. The first-order valence-corrected chi connectivity index (χ1v) is 12.8. The second kappa shape index (κ2) is 16.4. The fraction of sp³-hybridized carbons (Fsp3) is 0.387. The number of ether oxygens (including phenoxy) is 2. The van der Waals surface area contributed by atoms with E-state index in [9.17, 15) is 22.8 Å². The molecule has 2 aromatic carbocycles. The Balaban J connectivity index is 0.000000763. The molecule has 0 saturated carbocycles. The summed E-state index contributed by atoms with van der Waals surface area (Å²) in [6, 6.07) is 13.1. The lowest BCUT2D eigenvalue weighted by Gasteiger charge is -2.28. The maximum Gasteiger partial charge on any atom is 0.573 e. The van der Waals surface area contributed by atoms with Gasteiger partial charge in [0.2, 0.25) is 0 Å². The van der Waals surface area contributed by atoms with Gasteiger partial charge in [-0.15, -0.1) is 13.2 Å². The molecule has 0 fully saturated rings. The Hall–Kier alpha value is -3.72. The van der Waals surface area contributed by atoms with Crippen molar-refractivity contribution in [3.63, 3.8) is 0 Å². The van der Waals surface area contributed by atoms with E-state index >= 15 is 0 Å². The Morgan fingerprint density at radius 1 is 1.05 bits per heavy atom. The molecule has 6 nitrogen and oxygen atoms in total. The number of hydrogen-bond acceptors (Lipinski definition) is 6. The van der Waals surface area contributed by atoms with Gasteiger partial charge in [-0.1, -0.05) is 50.3 Å². The Morgan fingerprint density at radius 2 is 1.62 bits per heavy atom. The Kier molecular flexibility index (Phi) is 14.1. The van der Waals surface area contributed by atoms with Gasteiger partial charge in [0.1, 0.15) is 17.6 Å². The number of carbonyl (C=O) groups is 2. The molecule has 0 heterocycles. The number of halogens is 3. The highest BCUT2D eigenvalue weighted by atomic mass is 19.4. The fourth-order valence-corrected chi connectivity index (χ4v) is 3.83. The topological polar surface area (TPSA) is 77.0 Å². The molecule has 1 N–H and O–H groups in total. The second-order valence-corrected chi connectivity index (χ2v) is 9.80. The van der Waals surface area contributed by atoms with Crippen molar-refractivity contribution in [2.45, 2.75) is 64.5 Å². The fourth-order valence-electron chi connectivity index (χ4n) is 3.83. The maximum absolute atomic E-state index is 12.4. The summed E-state index contributed by atoms with van der Waals surface area (Å²) < 4.78 is 46.7. The lowest BCUT2D eigenvalue weighted by molar-refractivity contribution is -0.274. The summed E-state index contributed by atoms with van der Waals surface area (Å²) in [5, 5.41) is 3.28. The number of alkyl halides is 3. The summed E-state index contributed by atoms with van der Waals surface area (Å²) in [7, 11) is 3.46. The summed E-state index contributed by atoms with van der Waals surface area (Å²) in [6.45, 7) is 11.0. The van der Waals surface area contributed by atoms with Gasteiger partial charge in [0.25, 0.3) is 0 Å². The average molecular weight is 561 g/mol. The normalized spacial score (nSPS) is 13.6. The molecular formula is C31H39F3N2O4. The van der Waals surface area contributed by atoms with Gasteiger partial charge in [-0.2, -0.15) is 0 Å². The summed E-state index contributed by atoms with van der Waals surface area (Å²) in [4.78, 5) is 26.0.